The van der Waals surface area contributed by atoms with E-state index in [1.165, 1.54) is 13.8 Å². The van der Waals surface area contributed by atoms with Crippen molar-refractivity contribution < 1.29 is 23.9 Å². The average Bonchev–Trinajstić information content (AvgIpc) is 2.96. The summed E-state index contributed by atoms with van der Waals surface area (Å²) in [5.74, 6) is -2.44. The maximum atomic E-state index is 14.8. The highest BCUT2D eigenvalue weighted by Crippen LogP contribution is 2.37. The molecular weight excluding hydrogens is 560 g/mol. The number of ketones is 4. The summed E-state index contributed by atoms with van der Waals surface area (Å²) >= 11 is 0. The molecule has 45 heavy (non-hydrogen) atoms. The molecule has 4 aromatic rings. The van der Waals surface area contributed by atoms with E-state index in [0.717, 1.165) is 0 Å². The third-order valence-electron chi connectivity index (χ3n) is 8.97. The molecule has 4 aromatic carbocycles. The van der Waals surface area contributed by atoms with Crippen molar-refractivity contribution in [1.29, 1.82) is 0 Å². The Morgan fingerprint density at radius 1 is 0.378 bits per heavy atom. The van der Waals surface area contributed by atoms with Crippen LogP contribution in [0.25, 0.3) is 0 Å². The fourth-order valence-corrected chi connectivity index (χ4v) is 6.44. The Morgan fingerprint density at radius 3 is 0.689 bits per heavy atom. The highest BCUT2D eigenvalue weighted by Gasteiger charge is 2.55. The van der Waals surface area contributed by atoms with E-state index in [0.29, 0.717) is 66.8 Å². The Kier molecular flexibility index (Phi) is 9.27. The van der Waals surface area contributed by atoms with Crippen LogP contribution in [0.1, 0.15) is 99.8 Å². The maximum Gasteiger partial charge on any atom is 0.202 e. The number of Topliss-reactive ketones (excluding diaryl/α,β-unsaturated/α-hetero) is 4. The zero-order chi connectivity index (χ0) is 33.4. The van der Waals surface area contributed by atoms with Gasteiger partial charge in [0.25, 0.3) is 0 Å². The van der Waals surface area contributed by atoms with Crippen molar-refractivity contribution in [2.24, 2.45) is 0 Å². The minimum atomic E-state index is -2.25. The number of aryl methyl sites for hydroxylation is 8. The van der Waals surface area contributed by atoms with Crippen molar-refractivity contribution in [3.05, 3.63) is 140 Å². The summed E-state index contributed by atoms with van der Waals surface area (Å²) in [5, 5.41) is 0. The fourth-order valence-electron chi connectivity index (χ4n) is 6.44. The van der Waals surface area contributed by atoms with Gasteiger partial charge in [-0.3, -0.25) is 19.2 Å². The Balaban J connectivity index is 2.07. The number of rotatable bonds is 10. The number of benzene rings is 4. The van der Waals surface area contributed by atoms with Crippen molar-refractivity contribution in [3.63, 3.8) is 0 Å². The summed E-state index contributed by atoms with van der Waals surface area (Å²) in [6.07, 6.45) is 0. The Morgan fingerprint density at radius 2 is 0.533 bits per heavy atom. The molecule has 0 bridgehead atoms. The minimum absolute atomic E-state index is 0.320. The monoisotopic (exact) mass is 602 g/mol. The molecule has 0 radical (unpaired) electrons. The van der Waals surface area contributed by atoms with E-state index in [1.807, 2.05) is 24.3 Å². The first-order valence-electron chi connectivity index (χ1n) is 15.2. The van der Waals surface area contributed by atoms with Crippen LogP contribution in [0.5, 0.6) is 0 Å². The van der Waals surface area contributed by atoms with Crippen LogP contribution >= 0.6 is 0 Å². The molecule has 5 nitrogen and oxygen atoms in total. The predicted molar refractivity (Wildman–Crippen MR) is 179 cm³/mol. The van der Waals surface area contributed by atoms with E-state index in [-0.39, 0.29) is 0 Å². The number of carbonyl (C=O) groups is 4. The Bertz CT molecular complexity index is 1520. The summed E-state index contributed by atoms with van der Waals surface area (Å²) in [6, 6.07) is 21.7. The van der Waals surface area contributed by atoms with Crippen LogP contribution in [0.15, 0.2) is 72.8 Å². The van der Waals surface area contributed by atoms with E-state index < -0.39 is 34.3 Å². The molecule has 0 amide bonds. The SMILES string of the molecule is Cc1cccc(C)c1C(=O)C(C)(OC(C)(C(=O)c1c(C)cccc1C)C(=O)c1c(C)cccc1C)C(=O)c1c(C)cccc1C. The summed E-state index contributed by atoms with van der Waals surface area (Å²) in [7, 11) is 0. The highest BCUT2D eigenvalue weighted by molar-refractivity contribution is 6.27. The smallest absolute Gasteiger partial charge is 0.202 e. The lowest BCUT2D eigenvalue weighted by molar-refractivity contribution is -0.0635. The molecule has 4 rings (SSSR count). The van der Waals surface area contributed by atoms with Crippen molar-refractivity contribution in [2.75, 3.05) is 0 Å². The van der Waals surface area contributed by atoms with Crippen LogP contribution < -0.4 is 0 Å². The molecular formula is C40H42O5. The topological polar surface area (TPSA) is 77.5 Å². The Hall–Kier alpha value is -4.48. The molecule has 5 heteroatoms. The van der Waals surface area contributed by atoms with Gasteiger partial charge in [-0.15, -0.1) is 0 Å². The summed E-state index contributed by atoms with van der Waals surface area (Å²) in [6.45, 7) is 17.2. The minimum Gasteiger partial charge on any atom is -0.336 e. The van der Waals surface area contributed by atoms with Gasteiger partial charge in [0.05, 0.1) is 0 Å². The van der Waals surface area contributed by atoms with Crippen molar-refractivity contribution in [3.8, 4) is 0 Å². The molecule has 0 fully saturated rings. The van der Waals surface area contributed by atoms with Crippen LogP contribution in [0.2, 0.25) is 0 Å². The van der Waals surface area contributed by atoms with E-state index >= 15 is 0 Å². The first kappa shape index (κ1) is 33.4. The summed E-state index contributed by atoms with van der Waals surface area (Å²) in [4.78, 5) is 59.4. The summed E-state index contributed by atoms with van der Waals surface area (Å²) in [5.41, 5.74) is 2.06. The van der Waals surface area contributed by atoms with Crippen LogP contribution in [0, 0.1) is 55.4 Å². The van der Waals surface area contributed by atoms with Crippen LogP contribution in [-0.4, -0.2) is 34.3 Å². The predicted octanol–water partition coefficient (Wildman–Crippen LogP) is 8.52. The lowest BCUT2D eigenvalue weighted by atomic mass is 9.78. The zero-order valence-electron chi connectivity index (χ0n) is 28.0. The summed E-state index contributed by atoms with van der Waals surface area (Å²) < 4.78 is 6.73. The van der Waals surface area contributed by atoms with E-state index in [4.69, 9.17) is 4.74 Å². The van der Waals surface area contributed by atoms with Gasteiger partial charge in [0.15, 0.2) is 11.2 Å². The van der Waals surface area contributed by atoms with E-state index in [2.05, 4.69) is 0 Å². The number of hydrogen-bond acceptors (Lipinski definition) is 5. The van der Waals surface area contributed by atoms with Crippen LogP contribution in [0.4, 0.5) is 0 Å². The van der Waals surface area contributed by atoms with E-state index in [9.17, 15) is 19.2 Å². The molecule has 0 heterocycles. The third-order valence-corrected chi connectivity index (χ3v) is 8.97. The van der Waals surface area contributed by atoms with Gasteiger partial charge in [-0.1, -0.05) is 72.8 Å². The van der Waals surface area contributed by atoms with Crippen LogP contribution in [0.3, 0.4) is 0 Å². The number of ether oxygens (including phenoxy) is 1. The van der Waals surface area contributed by atoms with Gasteiger partial charge in [0.1, 0.15) is 0 Å². The van der Waals surface area contributed by atoms with E-state index in [1.54, 1.807) is 104 Å². The third kappa shape index (κ3) is 5.85. The average molecular weight is 603 g/mol. The molecule has 0 unspecified atom stereocenters. The van der Waals surface area contributed by atoms with Crippen molar-refractivity contribution in [2.45, 2.75) is 80.4 Å². The molecule has 0 N–H and O–H groups in total. The second-order valence-corrected chi connectivity index (χ2v) is 12.6. The molecule has 0 spiro atoms. The molecule has 0 aliphatic heterocycles. The van der Waals surface area contributed by atoms with Gasteiger partial charge < -0.3 is 4.74 Å². The molecule has 0 aliphatic rings. The van der Waals surface area contributed by atoms with Crippen molar-refractivity contribution >= 4 is 23.1 Å². The molecule has 0 atom stereocenters. The quantitative estimate of drug-likeness (QED) is 0.134. The first-order chi connectivity index (χ1) is 21.1. The molecule has 232 valence electrons. The normalized spacial score (nSPS) is 11.8. The lowest BCUT2D eigenvalue weighted by Crippen LogP contribution is -2.58. The lowest BCUT2D eigenvalue weighted by Gasteiger charge is -2.38. The van der Waals surface area contributed by atoms with Gasteiger partial charge in [-0.25, -0.2) is 0 Å². The molecule has 0 aromatic heterocycles. The highest BCUT2D eigenvalue weighted by atomic mass is 16.5. The van der Waals surface area contributed by atoms with Gasteiger partial charge >= 0.3 is 0 Å². The second kappa shape index (κ2) is 12.5. The zero-order valence-corrected chi connectivity index (χ0v) is 28.0. The Labute approximate surface area is 266 Å². The largest absolute Gasteiger partial charge is 0.336 e. The molecule has 0 saturated carbocycles. The fraction of sp³-hybridized carbons (Fsp3) is 0.300. The first-order valence-corrected chi connectivity index (χ1v) is 15.2. The number of carbonyl (C=O) groups excluding carboxylic acids is 4. The maximum absolute atomic E-state index is 14.8. The second-order valence-electron chi connectivity index (χ2n) is 12.6. The van der Waals surface area contributed by atoms with Crippen molar-refractivity contribution in [1.82, 2.24) is 0 Å². The van der Waals surface area contributed by atoms with Gasteiger partial charge in [-0.05, 0) is 114 Å². The number of hydrogen-bond donors (Lipinski definition) is 0. The molecule has 0 aliphatic carbocycles. The van der Waals surface area contributed by atoms with Gasteiger partial charge in [0.2, 0.25) is 23.1 Å². The van der Waals surface area contributed by atoms with Gasteiger partial charge in [0, 0.05) is 22.3 Å². The standard InChI is InChI=1S/C40H42O5/c1-23-15-11-16-24(2)31(23)35(41)39(9,36(42)32-25(3)17-12-18-26(32)4)45-40(10,37(43)33-27(5)19-13-20-28(33)6)38(44)34-29(7)21-14-22-30(34)8/h11-22H,1-10H3. The molecule has 0 saturated heterocycles. The van der Waals surface area contributed by atoms with Crippen LogP contribution in [-0.2, 0) is 4.74 Å². The van der Waals surface area contributed by atoms with Gasteiger partial charge in [-0.2, -0.15) is 0 Å².